The Morgan fingerprint density at radius 3 is 2.91 bits per heavy atom. The first-order valence-electron chi connectivity index (χ1n) is 7.49. The van der Waals surface area contributed by atoms with Crippen molar-refractivity contribution in [2.24, 2.45) is 5.73 Å². The summed E-state index contributed by atoms with van der Waals surface area (Å²) >= 11 is 1.39. The van der Waals surface area contributed by atoms with E-state index in [2.05, 4.69) is 10.3 Å². The molecule has 0 radical (unpaired) electrons. The number of aryl methyl sites for hydroxylation is 1. The van der Waals surface area contributed by atoms with Crippen LogP contribution in [0.4, 0.5) is 0 Å². The summed E-state index contributed by atoms with van der Waals surface area (Å²) in [6.45, 7) is 2.07. The summed E-state index contributed by atoms with van der Waals surface area (Å²) in [5.41, 5.74) is 9.58. The molecular weight excluding hydrogens is 310 g/mol. The smallest absolute Gasteiger partial charge is 0.248 e. The van der Waals surface area contributed by atoms with Crippen molar-refractivity contribution in [1.82, 2.24) is 10.3 Å². The second kappa shape index (κ2) is 6.62. The minimum Gasteiger partial charge on any atom is -0.391 e. The van der Waals surface area contributed by atoms with Crippen LogP contribution in [0.3, 0.4) is 0 Å². The molecule has 0 spiro atoms. The normalized spacial score (nSPS) is 14.3. The number of hydrogen-bond donors (Lipinski definition) is 3. The Hall–Kier alpha value is -2.02. The first-order valence-corrected chi connectivity index (χ1v) is 8.30. The molecule has 3 rings (SSSR count). The van der Waals surface area contributed by atoms with Gasteiger partial charge in [0.25, 0.3) is 0 Å². The topological polar surface area (TPSA) is 88.2 Å². The van der Waals surface area contributed by atoms with Gasteiger partial charge in [-0.2, -0.15) is 0 Å². The number of hydrogen-bond acceptors (Lipinski definition) is 5. The van der Waals surface area contributed by atoms with Crippen LogP contribution in [0.25, 0.3) is 6.08 Å². The van der Waals surface area contributed by atoms with Gasteiger partial charge < -0.3 is 16.2 Å². The minimum absolute atomic E-state index is 0.0464. The number of nitrogens with two attached hydrogens (primary N) is 1. The largest absolute Gasteiger partial charge is 0.391 e. The van der Waals surface area contributed by atoms with Crippen molar-refractivity contribution in [3.05, 3.63) is 56.5 Å². The molecule has 0 fully saturated rings. The monoisotopic (exact) mass is 329 g/mol. The molecule has 120 valence electrons. The number of fused-ring (bicyclic) bond motifs is 1. The summed E-state index contributed by atoms with van der Waals surface area (Å²) in [5.74, 6) is -0.116. The van der Waals surface area contributed by atoms with Crippen molar-refractivity contribution in [2.75, 3.05) is 6.54 Å². The number of thiazole rings is 1. The van der Waals surface area contributed by atoms with E-state index < -0.39 is 0 Å². The fourth-order valence-corrected chi connectivity index (χ4v) is 3.63. The van der Waals surface area contributed by atoms with Crippen LogP contribution in [0.5, 0.6) is 0 Å². The second-order valence-electron chi connectivity index (χ2n) is 5.53. The van der Waals surface area contributed by atoms with E-state index >= 15 is 0 Å². The lowest BCUT2D eigenvalue weighted by molar-refractivity contribution is -0.118. The minimum atomic E-state index is -0.337. The van der Waals surface area contributed by atoms with Crippen LogP contribution < -0.4 is 11.1 Å². The van der Waals surface area contributed by atoms with Crippen LogP contribution in [0, 0.1) is 6.92 Å². The Labute approximate surface area is 138 Å². The molecule has 0 saturated heterocycles. The Kier molecular flexibility index (Phi) is 4.56. The van der Waals surface area contributed by atoms with Crippen LogP contribution in [0.2, 0.25) is 0 Å². The average molecular weight is 329 g/mol. The van der Waals surface area contributed by atoms with Gasteiger partial charge in [-0.15, -0.1) is 11.3 Å². The van der Waals surface area contributed by atoms with Crippen molar-refractivity contribution < 1.29 is 9.90 Å². The highest BCUT2D eigenvalue weighted by molar-refractivity contribution is 7.11. The molecule has 1 amide bonds. The van der Waals surface area contributed by atoms with Crippen molar-refractivity contribution in [3.8, 4) is 0 Å². The zero-order valence-electron chi connectivity index (χ0n) is 12.9. The predicted molar refractivity (Wildman–Crippen MR) is 90.8 cm³/mol. The lowest BCUT2D eigenvalue weighted by Crippen LogP contribution is -2.34. The number of aromatic nitrogens is 1. The molecule has 1 aliphatic rings. The molecule has 6 heteroatoms. The third-order valence-corrected chi connectivity index (χ3v) is 5.21. The van der Waals surface area contributed by atoms with Gasteiger partial charge in [0.1, 0.15) is 5.01 Å². The van der Waals surface area contributed by atoms with E-state index in [9.17, 15) is 9.90 Å². The number of aliphatic hydroxyl groups excluding tert-OH is 1. The van der Waals surface area contributed by atoms with Crippen molar-refractivity contribution in [1.29, 1.82) is 0 Å². The second-order valence-corrected chi connectivity index (χ2v) is 6.64. The van der Waals surface area contributed by atoms with Gasteiger partial charge in [-0.25, -0.2) is 4.98 Å². The van der Waals surface area contributed by atoms with Crippen LogP contribution in [0.1, 0.15) is 32.7 Å². The van der Waals surface area contributed by atoms with Gasteiger partial charge in [0, 0.05) is 18.5 Å². The predicted octanol–water partition coefficient (Wildman–Crippen LogP) is 1.70. The average Bonchev–Trinajstić information content (AvgIpc) is 3.15. The number of aliphatic hydroxyl groups is 1. The van der Waals surface area contributed by atoms with Crippen molar-refractivity contribution in [3.63, 3.8) is 0 Å². The van der Waals surface area contributed by atoms with Crippen molar-refractivity contribution in [2.45, 2.75) is 26.0 Å². The number of rotatable bonds is 5. The van der Waals surface area contributed by atoms with E-state index in [4.69, 9.17) is 5.73 Å². The highest BCUT2D eigenvalue weighted by Gasteiger charge is 2.23. The zero-order chi connectivity index (χ0) is 16.4. The Balaban J connectivity index is 1.74. The number of nitrogens with one attached hydrogen (secondary N) is 1. The van der Waals surface area contributed by atoms with Gasteiger partial charge in [0.15, 0.2) is 0 Å². The van der Waals surface area contributed by atoms with E-state index in [0.29, 0.717) is 6.42 Å². The molecule has 5 nitrogen and oxygen atoms in total. The molecule has 23 heavy (non-hydrogen) atoms. The van der Waals surface area contributed by atoms with Crippen LogP contribution >= 0.6 is 11.3 Å². The van der Waals surface area contributed by atoms with Crippen LogP contribution in [0.15, 0.2) is 29.8 Å². The van der Waals surface area contributed by atoms with Gasteiger partial charge in [0.05, 0.1) is 23.2 Å². The standard InChI is InChI=1S/C17H19N3O2S/c1-10-15(9-21)23-17(19-10)14(8-18)20-16(22)13-6-11-4-2-3-5-12(11)7-13/h2-6,14,21H,7-9,18H2,1H3,(H,20,22). The Bertz CT molecular complexity index is 767. The van der Waals surface area contributed by atoms with E-state index in [-0.39, 0.29) is 25.1 Å². The molecule has 1 atom stereocenters. The van der Waals surface area contributed by atoms with E-state index in [1.807, 2.05) is 37.3 Å². The molecule has 1 heterocycles. The lowest BCUT2D eigenvalue weighted by Gasteiger charge is -2.14. The summed E-state index contributed by atoms with van der Waals surface area (Å²) < 4.78 is 0. The maximum atomic E-state index is 12.5. The molecule has 1 aliphatic carbocycles. The lowest BCUT2D eigenvalue weighted by atomic mass is 10.1. The molecule has 4 N–H and O–H groups in total. The van der Waals surface area contributed by atoms with Crippen LogP contribution in [-0.4, -0.2) is 22.5 Å². The summed E-state index contributed by atoms with van der Waals surface area (Å²) in [7, 11) is 0. The van der Waals surface area contributed by atoms with E-state index in [1.165, 1.54) is 11.3 Å². The first-order chi connectivity index (χ1) is 11.1. The first kappa shape index (κ1) is 15.9. The summed E-state index contributed by atoms with van der Waals surface area (Å²) in [6.07, 6.45) is 2.56. The molecule has 0 bridgehead atoms. The number of nitrogens with zero attached hydrogens (tertiary/aromatic N) is 1. The highest BCUT2D eigenvalue weighted by atomic mass is 32.1. The zero-order valence-corrected chi connectivity index (χ0v) is 13.7. The van der Waals surface area contributed by atoms with Crippen molar-refractivity contribution >= 4 is 23.3 Å². The molecular formula is C17H19N3O2S. The van der Waals surface area contributed by atoms with Crippen LogP contribution in [-0.2, 0) is 17.8 Å². The number of amides is 1. The summed E-state index contributed by atoms with van der Waals surface area (Å²) in [5, 5.41) is 13.0. The third kappa shape index (κ3) is 3.19. The number of carbonyl (C=O) groups is 1. The van der Waals surface area contributed by atoms with E-state index in [1.54, 1.807) is 0 Å². The molecule has 1 aromatic heterocycles. The third-order valence-electron chi connectivity index (χ3n) is 3.95. The maximum Gasteiger partial charge on any atom is 0.248 e. The molecule has 0 aliphatic heterocycles. The van der Waals surface area contributed by atoms with Gasteiger partial charge in [-0.05, 0) is 24.1 Å². The number of benzene rings is 1. The van der Waals surface area contributed by atoms with Gasteiger partial charge >= 0.3 is 0 Å². The molecule has 0 saturated carbocycles. The molecule has 1 unspecified atom stereocenters. The Morgan fingerprint density at radius 2 is 2.26 bits per heavy atom. The SMILES string of the molecule is Cc1nc(C(CN)NC(=O)C2=Cc3ccccc3C2)sc1CO. The molecule has 2 aromatic rings. The summed E-state index contributed by atoms with van der Waals surface area (Å²) in [4.78, 5) is 17.7. The number of carbonyl (C=O) groups excluding carboxylic acids is 1. The summed E-state index contributed by atoms with van der Waals surface area (Å²) in [6, 6.07) is 7.65. The van der Waals surface area contributed by atoms with Gasteiger partial charge in [-0.3, -0.25) is 4.79 Å². The fraction of sp³-hybridized carbons (Fsp3) is 0.294. The maximum absolute atomic E-state index is 12.5. The highest BCUT2D eigenvalue weighted by Crippen LogP contribution is 2.27. The quantitative estimate of drug-likeness (QED) is 0.779. The fourth-order valence-electron chi connectivity index (χ4n) is 2.64. The van der Waals surface area contributed by atoms with E-state index in [0.717, 1.165) is 32.3 Å². The Morgan fingerprint density at radius 1 is 1.48 bits per heavy atom. The van der Waals surface area contributed by atoms with Gasteiger partial charge in [0.2, 0.25) is 5.91 Å². The van der Waals surface area contributed by atoms with Gasteiger partial charge in [-0.1, -0.05) is 24.3 Å². The molecule has 1 aromatic carbocycles.